The van der Waals surface area contributed by atoms with Crippen molar-refractivity contribution in [2.45, 2.75) is 19.4 Å². The molecule has 31 heavy (non-hydrogen) atoms. The van der Waals surface area contributed by atoms with Crippen LogP contribution in [0.3, 0.4) is 0 Å². The van der Waals surface area contributed by atoms with Gasteiger partial charge in [-0.25, -0.2) is 4.79 Å². The Hall–Kier alpha value is -2.85. The maximum atomic E-state index is 12.7. The van der Waals surface area contributed by atoms with Gasteiger partial charge in [-0.2, -0.15) is 0 Å². The van der Waals surface area contributed by atoms with Crippen LogP contribution in [0.4, 0.5) is 4.79 Å². The Morgan fingerprint density at radius 1 is 1.10 bits per heavy atom. The van der Waals surface area contributed by atoms with Crippen LogP contribution in [0.15, 0.2) is 18.2 Å². The van der Waals surface area contributed by atoms with Crippen molar-refractivity contribution in [3.05, 3.63) is 23.8 Å². The second kappa shape index (κ2) is 10.5. The zero-order valence-electron chi connectivity index (χ0n) is 18.2. The van der Waals surface area contributed by atoms with Crippen LogP contribution in [-0.2, 0) is 14.3 Å². The van der Waals surface area contributed by atoms with Crippen molar-refractivity contribution in [3.63, 3.8) is 0 Å². The zero-order valence-corrected chi connectivity index (χ0v) is 18.2. The Balaban J connectivity index is 1.38. The molecule has 170 valence electrons. The summed E-state index contributed by atoms with van der Waals surface area (Å²) in [5, 5.41) is 0. The molecule has 1 aromatic rings. The largest absolute Gasteiger partial charge is 0.454 e. The van der Waals surface area contributed by atoms with Crippen LogP contribution < -0.4 is 9.47 Å². The molecule has 0 spiro atoms. The van der Waals surface area contributed by atoms with Crippen molar-refractivity contribution in [2.75, 3.05) is 60.4 Å². The predicted octanol–water partition coefficient (Wildman–Crippen LogP) is 1.19. The molecule has 1 unspecified atom stereocenters. The van der Waals surface area contributed by atoms with E-state index < -0.39 is 24.9 Å². The zero-order chi connectivity index (χ0) is 22.4. The molecular formula is C21H29N3O7. The van der Waals surface area contributed by atoms with Gasteiger partial charge in [0, 0.05) is 45.3 Å². The minimum atomic E-state index is -0.777. The van der Waals surface area contributed by atoms with Crippen LogP contribution in [-0.4, -0.2) is 99.0 Å². The molecule has 0 N–H and O–H groups in total. The van der Waals surface area contributed by atoms with Crippen LogP contribution in [0.5, 0.6) is 11.5 Å². The topological polar surface area (TPSA) is 97.8 Å². The molecule has 0 saturated carbocycles. The van der Waals surface area contributed by atoms with Crippen molar-refractivity contribution in [3.8, 4) is 11.5 Å². The van der Waals surface area contributed by atoms with E-state index in [1.807, 2.05) is 0 Å². The summed E-state index contributed by atoms with van der Waals surface area (Å²) in [6.45, 7) is 5.61. The average molecular weight is 435 g/mol. The van der Waals surface area contributed by atoms with Crippen molar-refractivity contribution < 1.29 is 33.3 Å². The van der Waals surface area contributed by atoms with Gasteiger partial charge >= 0.3 is 12.1 Å². The molecule has 3 rings (SSSR count). The lowest BCUT2D eigenvalue weighted by Gasteiger charge is -2.31. The molecular weight excluding hydrogens is 406 g/mol. The highest BCUT2D eigenvalue weighted by atomic mass is 16.7. The maximum absolute atomic E-state index is 12.7. The minimum absolute atomic E-state index is 0.114. The van der Waals surface area contributed by atoms with Gasteiger partial charge in [-0.1, -0.05) is 0 Å². The number of hydrogen-bond acceptors (Lipinski definition) is 9. The van der Waals surface area contributed by atoms with Gasteiger partial charge in [0.05, 0.1) is 12.5 Å². The third kappa shape index (κ3) is 6.08. The number of carbonyl (C=O) groups is 3. The smallest absolute Gasteiger partial charge is 0.413 e. The number of benzene rings is 1. The summed E-state index contributed by atoms with van der Waals surface area (Å²) in [6.07, 6.45) is -0.524. The van der Waals surface area contributed by atoms with Crippen molar-refractivity contribution in [1.82, 2.24) is 14.7 Å². The van der Waals surface area contributed by atoms with Crippen molar-refractivity contribution in [1.29, 1.82) is 0 Å². The van der Waals surface area contributed by atoms with E-state index in [2.05, 4.69) is 16.8 Å². The summed E-state index contributed by atoms with van der Waals surface area (Å²) < 4.78 is 20.5. The number of hydrogen-bond donors (Lipinski definition) is 0. The highest BCUT2D eigenvalue weighted by Crippen LogP contribution is 2.33. The van der Waals surface area contributed by atoms with E-state index in [4.69, 9.17) is 18.9 Å². The third-order valence-corrected chi connectivity index (χ3v) is 5.54. The molecule has 0 aromatic heterocycles. The highest BCUT2D eigenvalue weighted by Gasteiger charge is 2.26. The number of likely N-dealkylation sites (N-methyl/N-ethyl adjacent to an activating group) is 2. The number of amides is 1. The highest BCUT2D eigenvalue weighted by molar-refractivity contribution is 6.01. The standard InChI is InChI=1S/C21H29N3O7/c1-15(20(26)16-4-5-17-18(12-16)29-13-28-17)23(3)21(27)31-14-30-19(25)6-7-24-10-8-22(2)9-11-24/h4-5,12,15H,6-11,13-14H2,1-3H3. The summed E-state index contributed by atoms with van der Waals surface area (Å²) in [6, 6.07) is 4.08. The van der Waals surface area contributed by atoms with E-state index >= 15 is 0 Å². The number of piperazine rings is 1. The fourth-order valence-electron chi connectivity index (χ4n) is 3.27. The molecule has 1 saturated heterocycles. The van der Waals surface area contributed by atoms with Crippen LogP contribution in [0.2, 0.25) is 0 Å². The fraction of sp³-hybridized carbons (Fsp3) is 0.571. The first-order valence-corrected chi connectivity index (χ1v) is 10.2. The van der Waals surface area contributed by atoms with Gasteiger partial charge in [0.1, 0.15) is 0 Å². The van der Waals surface area contributed by atoms with Crippen LogP contribution in [0.25, 0.3) is 0 Å². The molecule has 1 fully saturated rings. The molecule has 1 amide bonds. The van der Waals surface area contributed by atoms with Gasteiger partial charge in [0.2, 0.25) is 13.6 Å². The summed E-state index contributed by atoms with van der Waals surface area (Å²) in [5.74, 6) is 0.360. The molecule has 10 heteroatoms. The molecule has 1 aromatic carbocycles. The number of rotatable bonds is 8. The van der Waals surface area contributed by atoms with E-state index in [0.717, 1.165) is 31.1 Å². The van der Waals surface area contributed by atoms with Crippen molar-refractivity contribution >= 4 is 17.8 Å². The van der Waals surface area contributed by atoms with Crippen LogP contribution in [0.1, 0.15) is 23.7 Å². The van der Waals surface area contributed by atoms with Crippen LogP contribution in [0, 0.1) is 0 Å². The maximum Gasteiger partial charge on any atom is 0.413 e. The lowest BCUT2D eigenvalue weighted by atomic mass is 10.0. The summed E-state index contributed by atoms with van der Waals surface area (Å²) >= 11 is 0. The first kappa shape index (κ1) is 22.8. The van der Waals surface area contributed by atoms with E-state index in [-0.39, 0.29) is 19.0 Å². The Morgan fingerprint density at radius 3 is 2.55 bits per heavy atom. The van der Waals surface area contributed by atoms with Crippen molar-refractivity contribution in [2.24, 2.45) is 0 Å². The van der Waals surface area contributed by atoms with Gasteiger partial charge in [-0.3, -0.25) is 9.59 Å². The fourth-order valence-corrected chi connectivity index (χ4v) is 3.27. The molecule has 0 radical (unpaired) electrons. The second-order valence-electron chi connectivity index (χ2n) is 7.66. The number of Topliss-reactive ketones (excluding diaryl/α,β-unsaturated/α-hetero) is 1. The van der Waals surface area contributed by atoms with Gasteiger partial charge < -0.3 is 33.6 Å². The monoisotopic (exact) mass is 435 g/mol. The Bertz CT molecular complexity index is 808. The molecule has 0 aliphatic carbocycles. The third-order valence-electron chi connectivity index (χ3n) is 5.54. The molecule has 10 nitrogen and oxygen atoms in total. The quantitative estimate of drug-likeness (QED) is 0.339. The van der Waals surface area contributed by atoms with Crippen LogP contribution >= 0.6 is 0 Å². The lowest BCUT2D eigenvalue weighted by molar-refractivity contribution is -0.152. The van der Waals surface area contributed by atoms with Gasteiger partial charge in [-0.05, 0) is 32.2 Å². The van der Waals surface area contributed by atoms with Gasteiger partial charge in [0.15, 0.2) is 17.3 Å². The average Bonchev–Trinajstić information content (AvgIpc) is 3.25. The number of ether oxygens (including phenoxy) is 4. The van der Waals surface area contributed by atoms with Gasteiger partial charge in [0.25, 0.3) is 0 Å². The summed E-state index contributed by atoms with van der Waals surface area (Å²) in [4.78, 5) is 42.4. The molecule has 2 aliphatic heterocycles. The molecule has 2 aliphatic rings. The Kier molecular flexibility index (Phi) is 7.69. The second-order valence-corrected chi connectivity index (χ2v) is 7.66. The minimum Gasteiger partial charge on any atom is -0.454 e. The number of ketones is 1. The van der Waals surface area contributed by atoms with E-state index in [1.54, 1.807) is 25.1 Å². The van der Waals surface area contributed by atoms with E-state index in [0.29, 0.717) is 23.6 Å². The van der Waals surface area contributed by atoms with E-state index in [9.17, 15) is 14.4 Å². The molecule has 2 heterocycles. The summed E-state index contributed by atoms with van der Waals surface area (Å²) in [5.41, 5.74) is 0.395. The number of carbonyl (C=O) groups excluding carboxylic acids is 3. The Labute approximate surface area is 181 Å². The number of nitrogens with zero attached hydrogens (tertiary/aromatic N) is 3. The Morgan fingerprint density at radius 2 is 1.81 bits per heavy atom. The summed E-state index contributed by atoms with van der Waals surface area (Å²) in [7, 11) is 3.52. The molecule has 0 bridgehead atoms. The lowest BCUT2D eigenvalue weighted by Crippen LogP contribution is -2.45. The molecule has 1 atom stereocenters. The van der Waals surface area contributed by atoms with Gasteiger partial charge in [-0.15, -0.1) is 0 Å². The normalized spacial score (nSPS) is 17.1. The number of fused-ring (bicyclic) bond motifs is 1. The first-order valence-electron chi connectivity index (χ1n) is 10.2. The predicted molar refractivity (Wildman–Crippen MR) is 110 cm³/mol. The number of esters is 1. The first-order chi connectivity index (χ1) is 14.8. The SMILES string of the molecule is CC(C(=O)c1ccc2c(c1)OCO2)N(C)C(=O)OCOC(=O)CCN1CCN(C)CC1. The van der Waals surface area contributed by atoms with E-state index in [1.165, 1.54) is 7.05 Å².